The second kappa shape index (κ2) is 7.25. The molecular formula is C16H17Br2NO. The summed E-state index contributed by atoms with van der Waals surface area (Å²) in [5.41, 5.74) is 3.22. The molecule has 0 spiro atoms. The largest absolute Gasteiger partial charge is 0.387 e. The third kappa shape index (κ3) is 4.08. The van der Waals surface area contributed by atoms with Gasteiger partial charge in [0, 0.05) is 21.2 Å². The van der Waals surface area contributed by atoms with Crippen LogP contribution < -0.4 is 5.32 Å². The topological polar surface area (TPSA) is 32.3 Å². The zero-order valence-corrected chi connectivity index (χ0v) is 14.4. The molecule has 2 rings (SSSR count). The van der Waals surface area contributed by atoms with Gasteiger partial charge < -0.3 is 10.4 Å². The molecule has 2 aromatic rings. The molecule has 0 bridgehead atoms. The van der Waals surface area contributed by atoms with Gasteiger partial charge in [-0.05, 0) is 47.9 Å². The third-order valence-electron chi connectivity index (χ3n) is 3.17. The van der Waals surface area contributed by atoms with Crippen molar-refractivity contribution in [3.63, 3.8) is 0 Å². The van der Waals surface area contributed by atoms with Crippen molar-refractivity contribution < 1.29 is 5.11 Å². The fraction of sp³-hybridized carbons (Fsp3) is 0.250. The summed E-state index contributed by atoms with van der Waals surface area (Å²) in [7, 11) is 0. The SMILES string of the molecule is CCc1cc(Br)ccc1NCC(O)c1cccc(Br)c1. The lowest BCUT2D eigenvalue weighted by atomic mass is 10.1. The van der Waals surface area contributed by atoms with Crippen molar-refractivity contribution in [1.82, 2.24) is 0 Å². The highest BCUT2D eigenvalue weighted by atomic mass is 79.9. The molecular weight excluding hydrogens is 382 g/mol. The molecule has 2 nitrogen and oxygen atoms in total. The minimum absolute atomic E-state index is 0.491. The number of anilines is 1. The Balaban J connectivity index is 2.05. The van der Waals surface area contributed by atoms with E-state index in [1.54, 1.807) is 0 Å². The van der Waals surface area contributed by atoms with Gasteiger partial charge in [0.15, 0.2) is 0 Å². The van der Waals surface area contributed by atoms with Gasteiger partial charge >= 0.3 is 0 Å². The number of aliphatic hydroxyl groups excluding tert-OH is 1. The van der Waals surface area contributed by atoms with E-state index in [2.05, 4.69) is 50.2 Å². The van der Waals surface area contributed by atoms with Crippen molar-refractivity contribution in [3.8, 4) is 0 Å². The van der Waals surface area contributed by atoms with Crippen LogP contribution in [0.2, 0.25) is 0 Å². The van der Waals surface area contributed by atoms with E-state index in [0.29, 0.717) is 6.54 Å². The van der Waals surface area contributed by atoms with Crippen LogP contribution in [-0.2, 0) is 6.42 Å². The first-order valence-corrected chi connectivity index (χ1v) is 8.14. The summed E-state index contributed by atoms with van der Waals surface area (Å²) in [6.07, 6.45) is 0.426. The van der Waals surface area contributed by atoms with Crippen LogP contribution in [0.25, 0.3) is 0 Å². The van der Waals surface area contributed by atoms with Gasteiger partial charge in [-0.3, -0.25) is 0 Å². The zero-order chi connectivity index (χ0) is 14.5. The highest BCUT2D eigenvalue weighted by Gasteiger charge is 2.09. The van der Waals surface area contributed by atoms with Crippen LogP contribution in [0.5, 0.6) is 0 Å². The second-order valence-electron chi connectivity index (χ2n) is 4.61. The maximum Gasteiger partial charge on any atom is 0.0962 e. The van der Waals surface area contributed by atoms with E-state index in [4.69, 9.17) is 0 Å². The summed E-state index contributed by atoms with van der Waals surface area (Å²) in [6, 6.07) is 13.9. The van der Waals surface area contributed by atoms with Crippen LogP contribution >= 0.6 is 31.9 Å². The molecule has 0 aliphatic rings. The second-order valence-corrected chi connectivity index (χ2v) is 6.44. The smallest absolute Gasteiger partial charge is 0.0962 e. The number of rotatable bonds is 5. The minimum Gasteiger partial charge on any atom is -0.387 e. The number of hydrogen-bond acceptors (Lipinski definition) is 2. The molecule has 0 saturated carbocycles. The van der Waals surface area contributed by atoms with E-state index in [-0.39, 0.29) is 0 Å². The van der Waals surface area contributed by atoms with E-state index in [1.165, 1.54) is 5.56 Å². The number of halogens is 2. The van der Waals surface area contributed by atoms with Crippen LogP contribution in [0, 0.1) is 0 Å². The van der Waals surface area contributed by atoms with Gasteiger partial charge in [-0.15, -0.1) is 0 Å². The Bertz CT molecular complexity index is 586. The molecule has 0 aliphatic heterocycles. The van der Waals surface area contributed by atoms with Crippen molar-refractivity contribution in [1.29, 1.82) is 0 Å². The lowest BCUT2D eigenvalue weighted by Gasteiger charge is -2.16. The molecule has 2 aromatic carbocycles. The van der Waals surface area contributed by atoms with Gasteiger partial charge in [-0.25, -0.2) is 0 Å². The summed E-state index contributed by atoms with van der Waals surface area (Å²) >= 11 is 6.90. The molecule has 106 valence electrons. The monoisotopic (exact) mass is 397 g/mol. The first kappa shape index (κ1) is 15.5. The van der Waals surface area contributed by atoms with Gasteiger partial charge in [0.2, 0.25) is 0 Å². The minimum atomic E-state index is -0.527. The van der Waals surface area contributed by atoms with E-state index in [9.17, 15) is 5.11 Å². The Morgan fingerprint density at radius 2 is 1.85 bits per heavy atom. The standard InChI is InChI=1S/C16H17Br2NO/c1-2-11-8-14(18)6-7-15(11)19-10-16(20)12-4-3-5-13(17)9-12/h3-9,16,19-20H,2,10H2,1H3. The predicted octanol–water partition coefficient (Wildman–Crippen LogP) is 4.92. The average Bonchev–Trinajstić information content (AvgIpc) is 2.45. The average molecular weight is 399 g/mol. The van der Waals surface area contributed by atoms with Crippen LogP contribution in [0.3, 0.4) is 0 Å². The van der Waals surface area contributed by atoms with Crippen LogP contribution in [-0.4, -0.2) is 11.7 Å². The molecule has 1 unspecified atom stereocenters. The molecule has 0 saturated heterocycles. The summed E-state index contributed by atoms with van der Waals surface area (Å²) in [4.78, 5) is 0. The number of aryl methyl sites for hydroxylation is 1. The Hall–Kier alpha value is -0.840. The molecule has 0 aliphatic carbocycles. The Morgan fingerprint density at radius 1 is 1.10 bits per heavy atom. The van der Waals surface area contributed by atoms with Crippen molar-refractivity contribution in [2.75, 3.05) is 11.9 Å². The highest BCUT2D eigenvalue weighted by molar-refractivity contribution is 9.10. The van der Waals surface area contributed by atoms with Crippen molar-refractivity contribution in [2.24, 2.45) is 0 Å². The fourth-order valence-corrected chi connectivity index (χ4v) is 2.89. The predicted molar refractivity (Wildman–Crippen MR) is 91.1 cm³/mol. The molecule has 0 fully saturated rings. The molecule has 0 amide bonds. The van der Waals surface area contributed by atoms with E-state index in [0.717, 1.165) is 26.6 Å². The lowest BCUT2D eigenvalue weighted by molar-refractivity contribution is 0.191. The van der Waals surface area contributed by atoms with Crippen molar-refractivity contribution in [3.05, 3.63) is 62.5 Å². The molecule has 2 N–H and O–H groups in total. The Labute approximate surface area is 136 Å². The van der Waals surface area contributed by atoms with Crippen molar-refractivity contribution in [2.45, 2.75) is 19.4 Å². The van der Waals surface area contributed by atoms with E-state index >= 15 is 0 Å². The van der Waals surface area contributed by atoms with Gasteiger partial charge in [0.25, 0.3) is 0 Å². The molecule has 20 heavy (non-hydrogen) atoms. The number of aliphatic hydroxyl groups is 1. The number of hydrogen-bond donors (Lipinski definition) is 2. The number of benzene rings is 2. The molecule has 4 heteroatoms. The summed E-state index contributed by atoms with van der Waals surface area (Å²) < 4.78 is 2.05. The first-order chi connectivity index (χ1) is 9.60. The highest BCUT2D eigenvalue weighted by Crippen LogP contribution is 2.23. The molecule has 0 radical (unpaired) electrons. The maximum absolute atomic E-state index is 10.2. The van der Waals surface area contributed by atoms with Gasteiger partial charge in [0.05, 0.1) is 6.10 Å². The quantitative estimate of drug-likeness (QED) is 0.749. The first-order valence-electron chi connectivity index (χ1n) is 6.56. The van der Waals surface area contributed by atoms with Crippen LogP contribution in [0.4, 0.5) is 5.69 Å². The number of nitrogens with one attached hydrogen (secondary N) is 1. The van der Waals surface area contributed by atoms with Crippen molar-refractivity contribution >= 4 is 37.5 Å². The lowest BCUT2D eigenvalue weighted by Crippen LogP contribution is -2.13. The maximum atomic E-state index is 10.2. The third-order valence-corrected chi connectivity index (χ3v) is 4.15. The normalized spacial score (nSPS) is 12.2. The fourth-order valence-electron chi connectivity index (χ4n) is 2.07. The molecule has 0 heterocycles. The van der Waals surface area contributed by atoms with Gasteiger partial charge in [-0.1, -0.05) is 50.9 Å². The summed E-state index contributed by atoms with van der Waals surface area (Å²) in [5.74, 6) is 0. The summed E-state index contributed by atoms with van der Waals surface area (Å²) in [5, 5.41) is 13.6. The van der Waals surface area contributed by atoms with E-state index in [1.807, 2.05) is 36.4 Å². The molecule has 1 atom stereocenters. The summed E-state index contributed by atoms with van der Waals surface area (Å²) in [6.45, 7) is 2.61. The van der Waals surface area contributed by atoms with E-state index < -0.39 is 6.10 Å². The van der Waals surface area contributed by atoms with Crippen LogP contribution in [0.1, 0.15) is 24.2 Å². The zero-order valence-electron chi connectivity index (χ0n) is 11.2. The van der Waals surface area contributed by atoms with Gasteiger partial charge in [-0.2, -0.15) is 0 Å². The molecule has 0 aromatic heterocycles. The Kier molecular flexibility index (Phi) is 5.64. The Morgan fingerprint density at radius 3 is 2.55 bits per heavy atom. The van der Waals surface area contributed by atoms with Gasteiger partial charge in [0.1, 0.15) is 0 Å². The van der Waals surface area contributed by atoms with Crippen LogP contribution in [0.15, 0.2) is 51.4 Å².